The Morgan fingerprint density at radius 1 is 1.16 bits per heavy atom. The van der Waals surface area contributed by atoms with E-state index < -0.39 is 29.6 Å². The number of esters is 2. The zero-order valence-electron chi connectivity index (χ0n) is 13.3. The van der Waals surface area contributed by atoms with Crippen molar-refractivity contribution in [2.24, 2.45) is 5.92 Å². The van der Waals surface area contributed by atoms with Crippen molar-refractivity contribution in [3.63, 3.8) is 0 Å². The first-order valence-corrected chi connectivity index (χ1v) is 8.03. The van der Waals surface area contributed by atoms with Gasteiger partial charge in [-0.2, -0.15) is 0 Å². The number of cyclic esters (lactones) is 1. The predicted molar refractivity (Wildman–Crippen MR) is 87.8 cm³/mol. The van der Waals surface area contributed by atoms with Gasteiger partial charge in [-0.05, 0) is 23.3 Å². The lowest BCUT2D eigenvalue weighted by Crippen LogP contribution is -2.28. The van der Waals surface area contributed by atoms with Crippen LogP contribution in [0.15, 0.2) is 54.1 Å². The topological polar surface area (TPSA) is 52.6 Å². The maximum Gasteiger partial charge on any atom is 0.334 e. The average molecular weight is 338 g/mol. The molecule has 2 atom stereocenters. The highest BCUT2D eigenvalue weighted by Crippen LogP contribution is 2.43. The molecular formula is C20H15FO4. The molecule has 2 aliphatic rings. The molecule has 1 aliphatic heterocycles. The zero-order chi connectivity index (χ0) is 17.4. The molecule has 2 aromatic rings. The van der Waals surface area contributed by atoms with Crippen molar-refractivity contribution in [1.82, 2.24) is 0 Å². The van der Waals surface area contributed by atoms with Crippen LogP contribution in [0.3, 0.4) is 0 Å². The van der Waals surface area contributed by atoms with Crippen LogP contribution in [0.5, 0.6) is 0 Å². The fourth-order valence-corrected chi connectivity index (χ4v) is 3.39. The second-order valence-corrected chi connectivity index (χ2v) is 6.12. The van der Waals surface area contributed by atoms with E-state index in [0.29, 0.717) is 11.1 Å². The molecule has 1 fully saturated rings. The van der Waals surface area contributed by atoms with Crippen molar-refractivity contribution in [2.75, 3.05) is 6.61 Å². The monoisotopic (exact) mass is 338 g/mol. The fourth-order valence-electron chi connectivity index (χ4n) is 3.39. The van der Waals surface area contributed by atoms with Gasteiger partial charge in [0.1, 0.15) is 12.4 Å². The number of benzene rings is 2. The van der Waals surface area contributed by atoms with Crippen molar-refractivity contribution in [3.05, 3.63) is 76.6 Å². The molecule has 25 heavy (non-hydrogen) atoms. The third kappa shape index (κ3) is 2.71. The third-order valence-electron chi connectivity index (χ3n) is 4.63. The molecule has 0 bridgehead atoms. The third-order valence-corrected chi connectivity index (χ3v) is 4.63. The standard InChI is InChI=1S/C20H15FO4/c21-17-8-4-7-13-14(17)9-15-16(11-25-19(15)22)18(13)20(23)24-10-12-5-2-1-3-6-12/h1-9,16,18H,10-11H2/t16-,18-/m0/s1. The van der Waals surface area contributed by atoms with E-state index in [2.05, 4.69) is 0 Å². The molecule has 0 N–H and O–H groups in total. The number of hydrogen-bond donors (Lipinski definition) is 0. The summed E-state index contributed by atoms with van der Waals surface area (Å²) in [5, 5.41) is 0. The van der Waals surface area contributed by atoms with Crippen LogP contribution in [0.1, 0.15) is 22.6 Å². The van der Waals surface area contributed by atoms with E-state index in [4.69, 9.17) is 9.47 Å². The molecule has 0 unspecified atom stereocenters. The summed E-state index contributed by atoms with van der Waals surface area (Å²) in [6.07, 6.45) is 1.49. The summed E-state index contributed by atoms with van der Waals surface area (Å²) in [4.78, 5) is 24.7. The number of halogens is 1. The quantitative estimate of drug-likeness (QED) is 0.807. The van der Waals surface area contributed by atoms with Crippen molar-refractivity contribution in [3.8, 4) is 0 Å². The Bertz CT molecular complexity index is 873. The Kier molecular flexibility index (Phi) is 3.84. The lowest BCUT2D eigenvalue weighted by molar-refractivity contribution is -0.148. The molecule has 0 aromatic heterocycles. The number of rotatable bonds is 3. The normalized spacial score (nSPS) is 21.0. The Balaban J connectivity index is 1.66. The van der Waals surface area contributed by atoms with Crippen molar-refractivity contribution in [1.29, 1.82) is 0 Å². The Morgan fingerprint density at radius 2 is 1.96 bits per heavy atom. The minimum Gasteiger partial charge on any atom is -0.462 e. The summed E-state index contributed by atoms with van der Waals surface area (Å²) < 4.78 is 24.7. The molecule has 0 spiro atoms. The van der Waals surface area contributed by atoms with E-state index in [1.165, 1.54) is 12.1 Å². The maximum atomic E-state index is 14.2. The minimum absolute atomic E-state index is 0.103. The van der Waals surface area contributed by atoms with Gasteiger partial charge in [0.25, 0.3) is 0 Å². The first-order chi connectivity index (χ1) is 12.1. The molecule has 0 saturated carbocycles. The van der Waals surface area contributed by atoms with Crippen LogP contribution in [0.4, 0.5) is 4.39 Å². The largest absolute Gasteiger partial charge is 0.462 e. The van der Waals surface area contributed by atoms with Gasteiger partial charge in [-0.3, -0.25) is 4.79 Å². The molecule has 126 valence electrons. The Hall–Kier alpha value is -2.95. The summed E-state index contributed by atoms with van der Waals surface area (Å²) in [6.45, 7) is 0.229. The predicted octanol–water partition coefficient (Wildman–Crippen LogP) is 3.22. The Labute approximate surface area is 143 Å². The molecule has 4 nitrogen and oxygen atoms in total. The lowest BCUT2D eigenvalue weighted by Gasteiger charge is -2.27. The van der Waals surface area contributed by atoms with Crippen LogP contribution in [0, 0.1) is 11.7 Å². The first kappa shape index (κ1) is 15.6. The van der Waals surface area contributed by atoms with E-state index >= 15 is 0 Å². The lowest BCUT2D eigenvalue weighted by atomic mass is 9.76. The highest BCUT2D eigenvalue weighted by Gasteiger charge is 2.45. The van der Waals surface area contributed by atoms with Crippen molar-refractivity contribution >= 4 is 18.0 Å². The summed E-state index contributed by atoms with van der Waals surface area (Å²) in [5.41, 5.74) is 1.99. The van der Waals surface area contributed by atoms with Gasteiger partial charge >= 0.3 is 11.9 Å². The first-order valence-electron chi connectivity index (χ1n) is 8.03. The van der Waals surface area contributed by atoms with Gasteiger partial charge in [0.2, 0.25) is 0 Å². The Morgan fingerprint density at radius 3 is 2.76 bits per heavy atom. The molecule has 5 heteroatoms. The smallest absolute Gasteiger partial charge is 0.334 e. The summed E-state index contributed by atoms with van der Waals surface area (Å²) >= 11 is 0. The van der Waals surface area contributed by atoms with Crippen LogP contribution >= 0.6 is 0 Å². The molecule has 4 rings (SSSR count). The second kappa shape index (κ2) is 6.16. The SMILES string of the molecule is O=C1OC[C@H]2C1=Cc1c(F)cccc1[C@@H]2C(=O)OCc1ccccc1. The van der Waals surface area contributed by atoms with E-state index in [0.717, 1.165) is 5.56 Å². The minimum atomic E-state index is -0.749. The summed E-state index contributed by atoms with van der Waals surface area (Å²) in [5.74, 6) is -2.64. The van der Waals surface area contributed by atoms with Gasteiger partial charge in [0.15, 0.2) is 0 Å². The molecule has 1 saturated heterocycles. The molecule has 1 heterocycles. The number of fused-ring (bicyclic) bond motifs is 2. The van der Waals surface area contributed by atoms with Crippen LogP contribution in [0.25, 0.3) is 6.08 Å². The molecule has 2 aromatic carbocycles. The van der Waals surface area contributed by atoms with E-state index in [1.54, 1.807) is 12.1 Å². The van der Waals surface area contributed by atoms with Crippen molar-refractivity contribution in [2.45, 2.75) is 12.5 Å². The van der Waals surface area contributed by atoms with Crippen LogP contribution in [-0.4, -0.2) is 18.5 Å². The van der Waals surface area contributed by atoms with Gasteiger partial charge in [-0.1, -0.05) is 42.5 Å². The average Bonchev–Trinajstić information content (AvgIpc) is 3.00. The number of carbonyl (C=O) groups is 2. The van der Waals surface area contributed by atoms with E-state index in [1.807, 2.05) is 30.3 Å². The van der Waals surface area contributed by atoms with Crippen molar-refractivity contribution < 1.29 is 23.5 Å². The number of hydrogen-bond acceptors (Lipinski definition) is 4. The maximum absolute atomic E-state index is 14.2. The molecule has 1 aliphatic carbocycles. The molecular weight excluding hydrogens is 323 g/mol. The number of carbonyl (C=O) groups excluding carboxylic acids is 2. The highest BCUT2D eigenvalue weighted by molar-refractivity contribution is 6.00. The zero-order valence-corrected chi connectivity index (χ0v) is 13.3. The fraction of sp³-hybridized carbons (Fsp3) is 0.200. The van der Waals surface area contributed by atoms with Gasteiger partial charge in [0.05, 0.1) is 12.5 Å². The second-order valence-electron chi connectivity index (χ2n) is 6.12. The van der Waals surface area contributed by atoms with E-state index in [9.17, 15) is 14.0 Å². The van der Waals surface area contributed by atoms with Gasteiger partial charge in [0, 0.05) is 17.1 Å². The van der Waals surface area contributed by atoms with Gasteiger partial charge < -0.3 is 9.47 Å². The highest BCUT2D eigenvalue weighted by atomic mass is 19.1. The van der Waals surface area contributed by atoms with Crippen LogP contribution in [-0.2, 0) is 25.7 Å². The molecule has 0 radical (unpaired) electrons. The summed E-state index contributed by atoms with van der Waals surface area (Å²) in [6, 6.07) is 13.9. The number of ether oxygens (including phenoxy) is 2. The van der Waals surface area contributed by atoms with Crippen LogP contribution < -0.4 is 0 Å². The van der Waals surface area contributed by atoms with Crippen LogP contribution in [0.2, 0.25) is 0 Å². The van der Waals surface area contributed by atoms with Gasteiger partial charge in [-0.15, -0.1) is 0 Å². The molecule has 0 amide bonds. The van der Waals surface area contributed by atoms with E-state index in [-0.39, 0.29) is 18.8 Å². The summed E-state index contributed by atoms with van der Waals surface area (Å²) in [7, 11) is 0. The van der Waals surface area contributed by atoms with Gasteiger partial charge in [-0.25, -0.2) is 9.18 Å².